The molecular weight excluding hydrogens is 276 g/mol. The molecule has 6 nitrogen and oxygen atoms in total. The number of unbranched alkanes of at least 4 members (excludes halogenated alkanes) is 1. The number of hydrogen-bond donors (Lipinski definition) is 3. The number of ether oxygens (including phenoxy) is 2. The first-order valence-electron chi connectivity index (χ1n) is 7.84. The largest absolute Gasteiger partial charge is 0.394 e. The number of aliphatic hydroxyl groups is 3. The van der Waals surface area contributed by atoms with Crippen molar-refractivity contribution in [1.82, 2.24) is 0 Å². The minimum Gasteiger partial charge on any atom is -0.394 e. The van der Waals surface area contributed by atoms with Crippen LogP contribution in [0, 0.1) is 0 Å². The molecule has 6 heteroatoms. The summed E-state index contributed by atoms with van der Waals surface area (Å²) in [5.74, 6) is 0.243. The Balaban J connectivity index is 0.00000191. The van der Waals surface area contributed by atoms with Crippen LogP contribution in [0.2, 0.25) is 0 Å². The highest BCUT2D eigenvalue weighted by molar-refractivity contribution is 5.77. The predicted molar refractivity (Wildman–Crippen MR) is 78.8 cm³/mol. The molecule has 1 rings (SSSR count). The van der Waals surface area contributed by atoms with Crippen LogP contribution in [0.3, 0.4) is 0 Å². The molecule has 0 radical (unpaired) electrons. The minimum absolute atomic E-state index is 0.186. The molecule has 1 fully saturated rings. The van der Waals surface area contributed by atoms with Crippen LogP contribution in [-0.2, 0) is 14.3 Å². The molecule has 21 heavy (non-hydrogen) atoms. The third-order valence-corrected chi connectivity index (χ3v) is 3.26. The van der Waals surface area contributed by atoms with Gasteiger partial charge in [0, 0.05) is 25.9 Å². The summed E-state index contributed by atoms with van der Waals surface area (Å²) in [5, 5.41) is 28.1. The Morgan fingerprint density at radius 1 is 1.29 bits per heavy atom. The molecule has 0 spiro atoms. The lowest BCUT2D eigenvalue weighted by Crippen LogP contribution is -2.50. The van der Waals surface area contributed by atoms with E-state index in [2.05, 4.69) is 0 Å². The highest BCUT2D eigenvalue weighted by atomic mass is 16.7. The lowest BCUT2D eigenvalue weighted by molar-refractivity contribution is -0.256. The zero-order valence-corrected chi connectivity index (χ0v) is 13.3. The van der Waals surface area contributed by atoms with E-state index in [0.29, 0.717) is 19.4 Å². The second-order valence-corrected chi connectivity index (χ2v) is 4.80. The summed E-state index contributed by atoms with van der Waals surface area (Å²) in [7, 11) is 0. The number of ketones is 1. The van der Waals surface area contributed by atoms with Crippen molar-refractivity contribution in [2.24, 2.45) is 0 Å². The van der Waals surface area contributed by atoms with Crippen LogP contribution in [0.25, 0.3) is 0 Å². The summed E-state index contributed by atoms with van der Waals surface area (Å²) in [5.41, 5.74) is 0. The summed E-state index contributed by atoms with van der Waals surface area (Å²) < 4.78 is 10.8. The predicted octanol–water partition coefficient (Wildman–Crippen LogP) is 1.01. The van der Waals surface area contributed by atoms with Crippen molar-refractivity contribution >= 4 is 5.78 Å². The van der Waals surface area contributed by atoms with E-state index in [1.54, 1.807) is 0 Å². The van der Waals surface area contributed by atoms with Gasteiger partial charge in [-0.3, -0.25) is 4.79 Å². The highest BCUT2D eigenvalue weighted by Crippen LogP contribution is 2.21. The number of rotatable bonds is 8. The molecule has 0 aromatic rings. The quantitative estimate of drug-likeness (QED) is 0.579. The van der Waals surface area contributed by atoms with Gasteiger partial charge in [-0.15, -0.1) is 0 Å². The maximum atomic E-state index is 11.1. The Morgan fingerprint density at radius 3 is 2.52 bits per heavy atom. The van der Waals surface area contributed by atoms with Gasteiger partial charge in [-0.05, 0) is 12.8 Å². The number of Topliss-reactive ketones (excluding diaryl/α,β-unsaturated/α-hetero) is 1. The molecule has 1 heterocycles. The molecule has 4 atom stereocenters. The molecule has 126 valence electrons. The third kappa shape index (κ3) is 7.87. The van der Waals surface area contributed by atoms with Crippen LogP contribution in [0.5, 0.6) is 0 Å². The van der Waals surface area contributed by atoms with E-state index in [-0.39, 0.29) is 18.8 Å². The second kappa shape index (κ2) is 12.1. The van der Waals surface area contributed by atoms with Crippen LogP contribution >= 0.6 is 0 Å². The lowest BCUT2D eigenvalue weighted by Gasteiger charge is -2.36. The SMILES string of the molecule is CC.CCC(=O)CCCCOC1CC(O)C(O)C(CO)O1. The Kier molecular flexibility index (Phi) is 11.8. The van der Waals surface area contributed by atoms with Crippen molar-refractivity contribution in [3.05, 3.63) is 0 Å². The maximum absolute atomic E-state index is 11.1. The molecule has 0 aliphatic carbocycles. The fraction of sp³-hybridized carbons (Fsp3) is 0.933. The first-order valence-corrected chi connectivity index (χ1v) is 7.84. The molecular formula is C15H30O6. The molecule has 0 saturated carbocycles. The summed E-state index contributed by atoms with van der Waals surface area (Å²) in [4.78, 5) is 11.1. The molecule has 0 aromatic carbocycles. The van der Waals surface area contributed by atoms with E-state index >= 15 is 0 Å². The van der Waals surface area contributed by atoms with Crippen LogP contribution in [0.4, 0.5) is 0 Å². The summed E-state index contributed by atoms with van der Waals surface area (Å²) in [6, 6.07) is 0. The van der Waals surface area contributed by atoms with Crippen molar-refractivity contribution in [2.75, 3.05) is 13.2 Å². The smallest absolute Gasteiger partial charge is 0.160 e. The normalized spacial score (nSPS) is 28.7. The average molecular weight is 306 g/mol. The van der Waals surface area contributed by atoms with Gasteiger partial charge in [0.2, 0.25) is 0 Å². The first-order chi connectivity index (χ1) is 10.1. The van der Waals surface area contributed by atoms with Crippen LogP contribution < -0.4 is 0 Å². The molecule has 0 amide bonds. The van der Waals surface area contributed by atoms with Gasteiger partial charge in [0.1, 0.15) is 18.0 Å². The third-order valence-electron chi connectivity index (χ3n) is 3.26. The van der Waals surface area contributed by atoms with Crippen molar-refractivity contribution in [1.29, 1.82) is 0 Å². The van der Waals surface area contributed by atoms with Gasteiger partial charge in [-0.25, -0.2) is 0 Å². The Bertz CT molecular complexity index is 271. The molecule has 1 aliphatic heterocycles. The van der Waals surface area contributed by atoms with E-state index in [1.807, 2.05) is 20.8 Å². The van der Waals surface area contributed by atoms with Crippen molar-refractivity contribution in [3.8, 4) is 0 Å². The van der Waals surface area contributed by atoms with Crippen LogP contribution in [0.15, 0.2) is 0 Å². The Hall–Kier alpha value is -0.530. The van der Waals surface area contributed by atoms with E-state index in [0.717, 1.165) is 12.8 Å². The van der Waals surface area contributed by atoms with Gasteiger partial charge >= 0.3 is 0 Å². The van der Waals surface area contributed by atoms with Gasteiger partial charge in [0.05, 0.1) is 12.7 Å². The molecule has 0 bridgehead atoms. The van der Waals surface area contributed by atoms with E-state index in [4.69, 9.17) is 14.6 Å². The van der Waals surface area contributed by atoms with Crippen molar-refractivity contribution in [2.45, 2.75) is 77.5 Å². The second-order valence-electron chi connectivity index (χ2n) is 4.80. The van der Waals surface area contributed by atoms with Crippen molar-refractivity contribution in [3.63, 3.8) is 0 Å². The summed E-state index contributed by atoms with van der Waals surface area (Å²) >= 11 is 0. The van der Waals surface area contributed by atoms with Gasteiger partial charge in [-0.2, -0.15) is 0 Å². The molecule has 0 aromatic heterocycles. The van der Waals surface area contributed by atoms with E-state index in [9.17, 15) is 15.0 Å². The van der Waals surface area contributed by atoms with Crippen LogP contribution in [-0.4, -0.2) is 58.9 Å². The lowest BCUT2D eigenvalue weighted by atomic mass is 10.0. The van der Waals surface area contributed by atoms with Gasteiger partial charge in [-0.1, -0.05) is 20.8 Å². The van der Waals surface area contributed by atoms with Crippen LogP contribution in [0.1, 0.15) is 52.9 Å². The Labute approximate surface area is 127 Å². The minimum atomic E-state index is -1.08. The maximum Gasteiger partial charge on any atom is 0.160 e. The van der Waals surface area contributed by atoms with Gasteiger partial charge in [0.15, 0.2) is 6.29 Å². The number of carbonyl (C=O) groups is 1. The summed E-state index contributed by atoms with van der Waals surface area (Å²) in [6.45, 7) is 5.92. The van der Waals surface area contributed by atoms with Gasteiger partial charge < -0.3 is 24.8 Å². The van der Waals surface area contributed by atoms with E-state index < -0.39 is 24.6 Å². The fourth-order valence-corrected chi connectivity index (χ4v) is 1.99. The molecule has 1 aliphatic rings. The van der Waals surface area contributed by atoms with Crippen molar-refractivity contribution < 1.29 is 29.6 Å². The van der Waals surface area contributed by atoms with E-state index in [1.165, 1.54) is 0 Å². The Morgan fingerprint density at radius 2 is 1.95 bits per heavy atom. The topological polar surface area (TPSA) is 96.2 Å². The zero-order chi connectivity index (χ0) is 16.3. The zero-order valence-electron chi connectivity index (χ0n) is 13.3. The molecule has 3 N–H and O–H groups in total. The standard InChI is InChI=1S/C13H24O6.C2H6/c1-2-9(15)5-3-4-6-18-12-7-10(16)13(17)11(8-14)19-12;1-2/h10-14,16-17H,2-8H2,1H3;1-2H3. The fourth-order valence-electron chi connectivity index (χ4n) is 1.99. The number of hydrogen-bond acceptors (Lipinski definition) is 6. The first kappa shape index (κ1) is 20.5. The van der Waals surface area contributed by atoms with Gasteiger partial charge in [0.25, 0.3) is 0 Å². The summed E-state index contributed by atoms with van der Waals surface area (Å²) in [6.07, 6.45) is -0.619. The molecule has 4 unspecified atom stereocenters. The highest BCUT2D eigenvalue weighted by Gasteiger charge is 2.36. The average Bonchev–Trinajstić information content (AvgIpc) is 2.51. The number of carbonyl (C=O) groups excluding carboxylic acids is 1. The molecule has 1 saturated heterocycles. The number of aliphatic hydroxyl groups excluding tert-OH is 3. The monoisotopic (exact) mass is 306 g/mol.